The molecule has 2 N–H and O–H groups in total. The van der Waals surface area contributed by atoms with E-state index in [1.807, 2.05) is 0 Å². The molecule has 0 amide bonds. The Labute approximate surface area is 156 Å². The lowest BCUT2D eigenvalue weighted by Crippen LogP contribution is -2.52. The Hall–Kier alpha value is -1.40. The molecule has 2 aliphatic carbocycles. The molecule has 2 fully saturated rings. The maximum Gasteiger partial charge on any atom is 0.414 e. The Morgan fingerprint density at radius 2 is 1.69 bits per heavy atom. The highest BCUT2D eigenvalue weighted by Crippen LogP contribution is 2.28. The van der Waals surface area contributed by atoms with Crippen LogP contribution in [0.2, 0.25) is 0 Å². The van der Waals surface area contributed by atoms with Crippen molar-refractivity contribution in [1.29, 1.82) is 0 Å². The number of hydrogen-bond acceptors (Lipinski definition) is 4. The minimum absolute atomic E-state index is 0.901. The number of aliphatic carboxylic acids is 2. The molecule has 0 bridgehead atoms. The molecule has 1 saturated carbocycles. The minimum Gasteiger partial charge on any atom is -0.473 e. The van der Waals surface area contributed by atoms with Crippen molar-refractivity contribution in [1.82, 2.24) is 9.80 Å². The number of carboxylic acid groups (broad SMARTS) is 2. The quantitative estimate of drug-likeness (QED) is 0.590. The highest BCUT2D eigenvalue weighted by atomic mass is 16.4. The lowest BCUT2D eigenvalue weighted by atomic mass is 9.86. The number of rotatable bonds is 3. The largest absolute Gasteiger partial charge is 0.473 e. The van der Waals surface area contributed by atoms with Crippen LogP contribution in [0.15, 0.2) is 12.2 Å². The van der Waals surface area contributed by atoms with Crippen molar-refractivity contribution in [2.24, 2.45) is 11.8 Å². The van der Waals surface area contributed by atoms with E-state index in [-0.39, 0.29) is 0 Å². The Morgan fingerprint density at radius 1 is 1.00 bits per heavy atom. The van der Waals surface area contributed by atoms with Crippen molar-refractivity contribution in [3.63, 3.8) is 0 Å². The van der Waals surface area contributed by atoms with E-state index >= 15 is 0 Å². The second-order valence-electron chi connectivity index (χ2n) is 8.02. The van der Waals surface area contributed by atoms with Crippen molar-refractivity contribution < 1.29 is 19.8 Å². The van der Waals surface area contributed by atoms with Gasteiger partial charge in [0.1, 0.15) is 0 Å². The fourth-order valence-electron chi connectivity index (χ4n) is 4.43. The van der Waals surface area contributed by atoms with Crippen molar-refractivity contribution in [2.75, 3.05) is 32.7 Å². The summed E-state index contributed by atoms with van der Waals surface area (Å²) in [7, 11) is 0. The zero-order valence-electron chi connectivity index (χ0n) is 16.0. The molecule has 0 aromatic rings. The van der Waals surface area contributed by atoms with E-state index in [9.17, 15) is 0 Å². The Bertz CT molecular complexity index is 474. The molecule has 3 atom stereocenters. The number of nitrogens with zero attached hydrogens (tertiary/aromatic N) is 2. The number of carbonyl (C=O) groups is 2. The third kappa shape index (κ3) is 7.08. The van der Waals surface area contributed by atoms with E-state index in [1.54, 1.807) is 0 Å². The molecular formula is C20H34N2O4. The normalized spacial score (nSPS) is 30.3. The second kappa shape index (κ2) is 10.7. The van der Waals surface area contributed by atoms with Crippen molar-refractivity contribution in [3.05, 3.63) is 12.2 Å². The summed E-state index contributed by atoms with van der Waals surface area (Å²) < 4.78 is 0. The van der Waals surface area contributed by atoms with Crippen LogP contribution in [0.3, 0.4) is 0 Å². The summed E-state index contributed by atoms with van der Waals surface area (Å²) in [6.45, 7) is 9.05. The van der Waals surface area contributed by atoms with Crippen LogP contribution in [0.5, 0.6) is 0 Å². The van der Waals surface area contributed by atoms with E-state index in [0.717, 1.165) is 17.9 Å². The van der Waals surface area contributed by atoms with Crippen LogP contribution >= 0.6 is 0 Å². The lowest BCUT2D eigenvalue weighted by Gasteiger charge is -2.42. The molecule has 1 saturated heterocycles. The van der Waals surface area contributed by atoms with Gasteiger partial charge >= 0.3 is 11.9 Å². The van der Waals surface area contributed by atoms with Crippen molar-refractivity contribution in [2.45, 2.75) is 57.9 Å². The third-order valence-corrected chi connectivity index (χ3v) is 5.91. The molecule has 26 heavy (non-hydrogen) atoms. The molecule has 3 aliphatic rings. The van der Waals surface area contributed by atoms with E-state index in [0.29, 0.717) is 0 Å². The summed E-state index contributed by atoms with van der Waals surface area (Å²) in [5.74, 6) is -1.76. The summed E-state index contributed by atoms with van der Waals surface area (Å²) in [6, 6.07) is 0.901. The van der Waals surface area contributed by atoms with Crippen LogP contribution in [-0.2, 0) is 9.59 Å². The first kappa shape index (κ1) is 20.9. The maximum atomic E-state index is 9.10. The molecule has 0 radical (unpaired) electrons. The predicted octanol–water partition coefficient (Wildman–Crippen LogP) is 2.69. The number of hydrogen-bond donors (Lipinski definition) is 2. The zero-order chi connectivity index (χ0) is 18.9. The number of allylic oxidation sites excluding steroid dienone is 2. The fourth-order valence-corrected chi connectivity index (χ4v) is 4.43. The molecule has 3 rings (SSSR count). The van der Waals surface area contributed by atoms with Gasteiger partial charge in [-0.2, -0.15) is 0 Å². The molecule has 148 valence electrons. The standard InChI is InChI=1S/C18H32N2.C2H2O4/c1-16-6-5-9-18(14-16)20-12-10-19(11-13-20)15-17-7-3-2-4-8-17;3-1(4)2(5)6/h2-3,16-18H,4-15H2,1H3;(H,3,4)(H,5,6). The molecule has 0 aromatic carbocycles. The van der Waals surface area contributed by atoms with Crippen molar-refractivity contribution in [3.8, 4) is 0 Å². The maximum absolute atomic E-state index is 9.10. The summed E-state index contributed by atoms with van der Waals surface area (Å²) in [6.07, 6.45) is 14.6. The molecule has 3 unspecified atom stereocenters. The van der Waals surface area contributed by atoms with Crippen LogP contribution in [0, 0.1) is 11.8 Å². The first-order valence-corrected chi connectivity index (χ1v) is 10.0. The van der Waals surface area contributed by atoms with Gasteiger partial charge in [0.25, 0.3) is 0 Å². The predicted molar refractivity (Wildman–Crippen MR) is 101 cm³/mol. The smallest absolute Gasteiger partial charge is 0.414 e. The van der Waals surface area contributed by atoms with Gasteiger partial charge in [0, 0.05) is 38.8 Å². The van der Waals surface area contributed by atoms with E-state index < -0.39 is 11.9 Å². The third-order valence-electron chi connectivity index (χ3n) is 5.91. The van der Waals surface area contributed by atoms with Gasteiger partial charge in [-0.15, -0.1) is 0 Å². The van der Waals surface area contributed by atoms with Gasteiger partial charge in [-0.1, -0.05) is 31.9 Å². The molecule has 6 nitrogen and oxygen atoms in total. The zero-order valence-corrected chi connectivity index (χ0v) is 16.0. The Kier molecular flexibility index (Phi) is 8.59. The molecule has 1 heterocycles. The van der Waals surface area contributed by atoms with Crippen LogP contribution < -0.4 is 0 Å². The minimum atomic E-state index is -1.82. The Balaban J connectivity index is 0.000000352. The summed E-state index contributed by atoms with van der Waals surface area (Å²) >= 11 is 0. The summed E-state index contributed by atoms with van der Waals surface area (Å²) in [4.78, 5) is 23.7. The highest BCUT2D eigenvalue weighted by Gasteiger charge is 2.28. The molecule has 0 aromatic heterocycles. The van der Waals surface area contributed by atoms with Crippen LogP contribution in [0.1, 0.15) is 51.9 Å². The van der Waals surface area contributed by atoms with Gasteiger partial charge < -0.3 is 15.1 Å². The average Bonchev–Trinajstić information content (AvgIpc) is 2.64. The molecule has 0 spiro atoms. The van der Waals surface area contributed by atoms with Gasteiger partial charge in [0.05, 0.1) is 0 Å². The van der Waals surface area contributed by atoms with Gasteiger partial charge in [0.15, 0.2) is 0 Å². The monoisotopic (exact) mass is 366 g/mol. The van der Waals surface area contributed by atoms with Gasteiger partial charge in [0.2, 0.25) is 0 Å². The first-order valence-electron chi connectivity index (χ1n) is 10.0. The van der Waals surface area contributed by atoms with Gasteiger partial charge in [-0.05, 0) is 43.9 Å². The lowest BCUT2D eigenvalue weighted by molar-refractivity contribution is -0.159. The first-order chi connectivity index (χ1) is 12.5. The fraction of sp³-hybridized carbons (Fsp3) is 0.800. The van der Waals surface area contributed by atoms with E-state index in [1.165, 1.54) is 77.7 Å². The molecule has 1 aliphatic heterocycles. The number of piperazine rings is 1. The Morgan fingerprint density at radius 3 is 2.23 bits per heavy atom. The SMILES string of the molecule is CC1CCCC(N2CCN(CC3CC=CCC3)CC2)C1.O=C(O)C(=O)O. The summed E-state index contributed by atoms with van der Waals surface area (Å²) in [5, 5.41) is 14.8. The highest BCUT2D eigenvalue weighted by molar-refractivity contribution is 6.27. The van der Waals surface area contributed by atoms with Gasteiger partial charge in [-0.3, -0.25) is 4.90 Å². The van der Waals surface area contributed by atoms with Crippen molar-refractivity contribution >= 4 is 11.9 Å². The van der Waals surface area contributed by atoms with E-state index in [2.05, 4.69) is 28.9 Å². The topological polar surface area (TPSA) is 81.1 Å². The van der Waals surface area contributed by atoms with Crippen LogP contribution in [0.4, 0.5) is 0 Å². The molecular weight excluding hydrogens is 332 g/mol. The molecule has 6 heteroatoms. The average molecular weight is 367 g/mol. The van der Waals surface area contributed by atoms with Gasteiger partial charge in [-0.25, -0.2) is 9.59 Å². The summed E-state index contributed by atoms with van der Waals surface area (Å²) in [5.41, 5.74) is 0. The second-order valence-corrected chi connectivity index (χ2v) is 8.02. The van der Waals surface area contributed by atoms with Crippen LogP contribution in [-0.4, -0.2) is 70.7 Å². The van der Waals surface area contributed by atoms with Crippen LogP contribution in [0.25, 0.3) is 0 Å². The van der Waals surface area contributed by atoms with E-state index in [4.69, 9.17) is 19.8 Å². The number of carboxylic acids is 2.